The fourth-order valence-electron chi connectivity index (χ4n) is 4.80. The first-order valence-corrected chi connectivity index (χ1v) is 14.2. The number of amides is 1. The quantitative estimate of drug-likeness (QED) is 0.334. The van der Waals surface area contributed by atoms with Crippen LogP contribution in [0.25, 0.3) is 11.1 Å². The average molecular weight is 562 g/mol. The van der Waals surface area contributed by atoms with Gasteiger partial charge in [-0.1, -0.05) is 54.1 Å². The van der Waals surface area contributed by atoms with E-state index in [1.165, 1.54) is 29.2 Å². The number of nitrogens with one attached hydrogen (secondary N) is 1. The topological polar surface area (TPSA) is 99.6 Å². The van der Waals surface area contributed by atoms with Crippen LogP contribution >= 0.6 is 11.6 Å². The number of benzene rings is 3. The molecule has 1 atom stereocenters. The van der Waals surface area contributed by atoms with Crippen molar-refractivity contribution >= 4 is 33.2 Å². The number of fused-ring (bicyclic) bond motifs is 1. The van der Waals surface area contributed by atoms with Gasteiger partial charge in [-0.3, -0.25) is 9.78 Å². The Kier molecular flexibility index (Phi) is 6.84. The van der Waals surface area contributed by atoms with E-state index in [0.29, 0.717) is 5.69 Å². The SMILES string of the molecule is CC(C)(C)NS(=O)(=O)c1ccc(C2(O)C(=O)N(Cc3ccc(-c4ccncc4)cc3)c3cccc(Cl)c32)cc1. The summed E-state index contributed by atoms with van der Waals surface area (Å²) in [4.78, 5) is 19.5. The van der Waals surface area contributed by atoms with Gasteiger partial charge in [0, 0.05) is 28.5 Å². The van der Waals surface area contributed by atoms with Crippen LogP contribution in [0.5, 0.6) is 0 Å². The summed E-state index contributed by atoms with van der Waals surface area (Å²) in [6, 6.07) is 22.4. The number of hydrogen-bond acceptors (Lipinski definition) is 5. The lowest BCUT2D eigenvalue weighted by Gasteiger charge is -2.25. The van der Waals surface area contributed by atoms with Crippen LogP contribution in [0.3, 0.4) is 0 Å². The van der Waals surface area contributed by atoms with E-state index in [2.05, 4.69) is 9.71 Å². The zero-order chi connectivity index (χ0) is 28.0. The molecule has 1 aliphatic heterocycles. The number of halogens is 1. The molecule has 1 aromatic heterocycles. The molecule has 0 bridgehead atoms. The molecule has 0 fully saturated rings. The molecule has 200 valence electrons. The van der Waals surface area contributed by atoms with E-state index in [9.17, 15) is 18.3 Å². The van der Waals surface area contributed by atoms with Gasteiger partial charge in [0.15, 0.2) is 5.60 Å². The van der Waals surface area contributed by atoms with E-state index in [1.807, 2.05) is 36.4 Å². The van der Waals surface area contributed by atoms with Crippen LogP contribution in [0, 0.1) is 0 Å². The average Bonchev–Trinajstić information content (AvgIpc) is 3.12. The minimum atomic E-state index is -3.79. The molecule has 0 spiro atoms. The van der Waals surface area contributed by atoms with E-state index < -0.39 is 27.1 Å². The van der Waals surface area contributed by atoms with Crippen LogP contribution in [0.4, 0.5) is 5.69 Å². The zero-order valence-corrected chi connectivity index (χ0v) is 23.3. The molecular weight excluding hydrogens is 534 g/mol. The van der Waals surface area contributed by atoms with Gasteiger partial charge in [-0.25, -0.2) is 13.1 Å². The standard InChI is InChI=1S/C30H28ClN3O4S/c1-29(2,3)33-39(37,38)24-13-11-23(12-14-24)30(36)27-25(31)5-4-6-26(27)34(28(30)35)19-20-7-9-21(10-8-20)22-15-17-32-18-16-22/h4-18,33,36H,19H2,1-3H3. The molecule has 5 rings (SSSR count). The second-order valence-corrected chi connectivity index (χ2v) is 12.6. The van der Waals surface area contributed by atoms with Crippen LogP contribution in [0.1, 0.15) is 37.5 Å². The molecule has 7 nitrogen and oxygen atoms in total. The number of aliphatic hydroxyl groups is 1. The second kappa shape index (κ2) is 9.88. The summed E-state index contributed by atoms with van der Waals surface area (Å²) < 4.78 is 28.2. The smallest absolute Gasteiger partial charge is 0.268 e. The number of nitrogens with zero attached hydrogens (tertiary/aromatic N) is 2. The minimum Gasteiger partial charge on any atom is -0.372 e. The molecule has 4 aromatic rings. The molecule has 0 aliphatic carbocycles. The molecule has 3 aromatic carbocycles. The van der Waals surface area contributed by atoms with Gasteiger partial charge < -0.3 is 10.0 Å². The zero-order valence-electron chi connectivity index (χ0n) is 21.7. The Balaban J connectivity index is 1.48. The summed E-state index contributed by atoms with van der Waals surface area (Å²) in [6.07, 6.45) is 3.47. The third kappa shape index (κ3) is 5.08. The van der Waals surface area contributed by atoms with Crippen molar-refractivity contribution in [3.05, 3.63) is 113 Å². The fourth-order valence-corrected chi connectivity index (χ4v) is 6.52. The van der Waals surface area contributed by atoms with Gasteiger partial charge in [0.05, 0.1) is 17.1 Å². The Morgan fingerprint density at radius 2 is 1.54 bits per heavy atom. The van der Waals surface area contributed by atoms with E-state index >= 15 is 0 Å². The predicted octanol–water partition coefficient (Wildman–Crippen LogP) is 5.26. The third-order valence-corrected chi connectivity index (χ3v) is 8.62. The maximum absolute atomic E-state index is 13.9. The molecular formula is C30H28ClN3O4S. The number of anilines is 1. The lowest BCUT2D eigenvalue weighted by atomic mass is 9.87. The Morgan fingerprint density at radius 3 is 2.15 bits per heavy atom. The van der Waals surface area contributed by atoms with Crippen molar-refractivity contribution in [1.82, 2.24) is 9.71 Å². The van der Waals surface area contributed by atoms with Crippen LogP contribution in [-0.4, -0.2) is 30.0 Å². The number of carbonyl (C=O) groups is 1. The molecule has 1 aliphatic rings. The lowest BCUT2D eigenvalue weighted by molar-refractivity contribution is -0.132. The van der Waals surface area contributed by atoms with E-state index in [4.69, 9.17) is 11.6 Å². The summed E-state index contributed by atoms with van der Waals surface area (Å²) in [7, 11) is -3.79. The third-order valence-electron chi connectivity index (χ3n) is 6.53. The van der Waals surface area contributed by atoms with Crippen molar-refractivity contribution < 1.29 is 18.3 Å². The highest BCUT2D eigenvalue weighted by molar-refractivity contribution is 7.89. The molecule has 0 saturated carbocycles. The van der Waals surface area contributed by atoms with Crippen molar-refractivity contribution in [2.45, 2.75) is 43.4 Å². The molecule has 2 heterocycles. The van der Waals surface area contributed by atoms with Gasteiger partial charge in [-0.05, 0) is 79.4 Å². The summed E-state index contributed by atoms with van der Waals surface area (Å²) >= 11 is 6.55. The maximum Gasteiger partial charge on any atom is 0.268 e. The van der Waals surface area contributed by atoms with Crippen molar-refractivity contribution in [3.63, 3.8) is 0 Å². The van der Waals surface area contributed by atoms with Gasteiger partial charge in [0.25, 0.3) is 5.91 Å². The number of sulfonamides is 1. The number of hydrogen-bond donors (Lipinski definition) is 2. The molecule has 0 saturated heterocycles. The van der Waals surface area contributed by atoms with E-state index in [1.54, 1.807) is 51.4 Å². The lowest BCUT2D eigenvalue weighted by Crippen LogP contribution is -2.41. The normalized spacial score (nSPS) is 17.4. The van der Waals surface area contributed by atoms with E-state index in [-0.39, 0.29) is 27.6 Å². The largest absolute Gasteiger partial charge is 0.372 e. The van der Waals surface area contributed by atoms with Crippen LogP contribution in [0.15, 0.2) is 96.2 Å². The molecule has 1 amide bonds. The first-order valence-electron chi connectivity index (χ1n) is 12.4. The minimum absolute atomic E-state index is 0.0285. The summed E-state index contributed by atoms with van der Waals surface area (Å²) in [5, 5.41) is 12.2. The second-order valence-electron chi connectivity index (χ2n) is 10.5. The van der Waals surface area contributed by atoms with E-state index in [0.717, 1.165) is 16.7 Å². The van der Waals surface area contributed by atoms with Crippen LogP contribution in [0.2, 0.25) is 5.02 Å². The van der Waals surface area contributed by atoms with Crippen molar-refractivity contribution in [3.8, 4) is 11.1 Å². The van der Waals surface area contributed by atoms with Gasteiger partial charge in [-0.2, -0.15) is 0 Å². The predicted molar refractivity (Wildman–Crippen MR) is 152 cm³/mol. The van der Waals surface area contributed by atoms with Gasteiger partial charge in [0.1, 0.15) is 0 Å². The Bertz CT molecular complexity index is 1630. The summed E-state index contributed by atoms with van der Waals surface area (Å²) in [5.74, 6) is -0.563. The Hall–Kier alpha value is -3.56. The highest BCUT2D eigenvalue weighted by Crippen LogP contribution is 2.48. The van der Waals surface area contributed by atoms with Crippen molar-refractivity contribution in [1.29, 1.82) is 0 Å². The van der Waals surface area contributed by atoms with Crippen LogP contribution in [-0.2, 0) is 27.0 Å². The first-order chi connectivity index (χ1) is 18.4. The number of aromatic nitrogens is 1. The maximum atomic E-state index is 13.9. The molecule has 1 unspecified atom stereocenters. The summed E-state index contributed by atoms with van der Waals surface area (Å²) in [5.41, 5.74) is 1.17. The summed E-state index contributed by atoms with van der Waals surface area (Å²) in [6.45, 7) is 5.46. The molecule has 2 N–H and O–H groups in total. The molecule has 9 heteroatoms. The van der Waals surface area contributed by atoms with Crippen molar-refractivity contribution in [2.75, 3.05) is 4.90 Å². The van der Waals surface area contributed by atoms with Gasteiger partial charge in [0.2, 0.25) is 10.0 Å². The Labute approximate surface area is 233 Å². The highest BCUT2D eigenvalue weighted by atomic mass is 35.5. The molecule has 39 heavy (non-hydrogen) atoms. The van der Waals surface area contributed by atoms with Crippen LogP contribution < -0.4 is 9.62 Å². The van der Waals surface area contributed by atoms with Crippen molar-refractivity contribution in [2.24, 2.45) is 0 Å². The first kappa shape index (κ1) is 27.0. The van der Waals surface area contributed by atoms with Gasteiger partial charge >= 0.3 is 0 Å². The monoisotopic (exact) mass is 561 g/mol. The number of pyridine rings is 1. The number of rotatable bonds is 6. The Morgan fingerprint density at radius 1 is 0.923 bits per heavy atom. The van der Waals surface area contributed by atoms with Gasteiger partial charge in [-0.15, -0.1) is 0 Å². The fraction of sp³-hybridized carbons (Fsp3) is 0.200. The molecule has 0 radical (unpaired) electrons. The number of carbonyl (C=O) groups excluding carboxylic acids is 1. The highest BCUT2D eigenvalue weighted by Gasteiger charge is 2.52.